The van der Waals surface area contributed by atoms with Crippen LogP contribution in [-0.2, 0) is 11.3 Å². The molecule has 1 atom stereocenters. The number of hydrogen-bond donors (Lipinski definition) is 1. The molecule has 7 nitrogen and oxygen atoms in total. The first-order valence-corrected chi connectivity index (χ1v) is 8.20. The van der Waals surface area contributed by atoms with E-state index in [-0.39, 0.29) is 12.5 Å². The minimum atomic E-state index is -0.925. The lowest BCUT2D eigenvalue weighted by Gasteiger charge is -2.33. The number of amides is 1. The minimum absolute atomic E-state index is 0.152. The van der Waals surface area contributed by atoms with Gasteiger partial charge >= 0.3 is 5.97 Å². The summed E-state index contributed by atoms with van der Waals surface area (Å²) in [5.41, 5.74) is 2.86. The lowest BCUT2D eigenvalue weighted by Crippen LogP contribution is -2.40. The Hall–Kier alpha value is -3.48. The van der Waals surface area contributed by atoms with Crippen LogP contribution in [0.25, 0.3) is 5.69 Å². The van der Waals surface area contributed by atoms with Crippen molar-refractivity contribution in [2.45, 2.75) is 12.5 Å². The van der Waals surface area contributed by atoms with Crippen LogP contribution < -0.4 is 0 Å². The summed E-state index contributed by atoms with van der Waals surface area (Å²) in [6.07, 6.45) is 3.26. The Kier molecular flexibility index (Phi) is 3.96. The fraction of sp³-hybridized carbons (Fsp3) is 0.158. The zero-order valence-electron chi connectivity index (χ0n) is 13.8. The molecule has 1 amide bonds. The molecule has 7 heteroatoms. The zero-order valence-corrected chi connectivity index (χ0v) is 13.8. The van der Waals surface area contributed by atoms with Crippen molar-refractivity contribution in [2.75, 3.05) is 6.54 Å². The highest BCUT2D eigenvalue weighted by molar-refractivity contribution is 5.95. The summed E-state index contributed by atoms with van der Waals surface area (Å²) < 4.78 is 1.57. The van der Waals surface area contributed by atoms with Gasteiger partial charge in [0.2, 0.25) is 0 Å². The van der Waals surface area contributed by atoms with E-state index in [0.29, 0.717) is 12.1 Å². The molecule has 2 heterocycles. The number of fused-ring (bicyclic) bond motifs is 1. The van der Waals surface area contributed by atoms with Crippen LogP contribution in [0, 0.1) is 0 Å². The third-order valence-corrected chi connectivity index (χ3v) is 4.56. The van der Waals surface area contributed by atoms with Crippen molar-refractivity contribution in [3.63, 3.8) is 0 Å². The van der Waals surface area contributed by atoms with Gasteiger partial charge in [-0.2, -0.15) is 0 Å². The Morgan fingerprint density at radius 2 is 1.96 bits per heavy atom. The van der Waals surface area contributed by atoms with Crippen molar-refractivity contribution < 1.29 is 14.7 Å². The van der Waals surface area contributed by atoms with Crippen molar-refractivity contribution in [2.24, 2.45) is 0 Å². The van der Waals surface area contributed by atoms with E-state index in [0.717, 1.165) is 16.8 Å². The molecule has 0 spiro atoms. The predicted molar refractivity (Wildman–Crippen MR) is 92.9 cm³/mol. The van der Waals surface area contributed by atoms with E-state index in [1.807, 2.05) is 30.3 Å². The molecule has 4 rings (SSSR count). The summed E-state index contributed by atoms with van der Waals surface area (Å²) in [6.45, 7) is 0.547. The van der Waals surface area contributed by atoms with Crippen molar-refractivity contribution in [3.05, 3.63) is 77.6 Å². The number of aromatic nitrogens is 3. The van der Waals surface area contributed by atoms with Crippen LogP contribution in [0.4, 0.5) is 0 Å². The van der Waals surface area contributed by atoms with Gasteiger partial charge in [-0.25, -0.2) is 4.68 Å². The number of hydrogen-bond acceptors (Lipinski definition) is 4. The first kappa shape index (κ1) is 16.0. The molecular weight excluding hydrogens is 332 g/mol. The van der Waals surface area contributed by atoms with Crippen LogP contribution in [0.2, 0.25) is 0 Å². The second-order valence-electron chi connectivity index (χ2n) is 6.17. The number of carboxylic acid groups (broad SMARTS) is 1. The van der Waals surface area contributed by atoms with Gasteiger partial charge in [-0.05, 0) is 29.3 Å². The molecular formula is C19H16N4O3. The van der Waals surface area contributed by atoms with Gasteiger partial charge < -0.3 is 10.0 Å². The topological polar surface area (TPSA) is 88.3 Å². The van der Waals surface area contributed by atoms with Gasteiger partial charge in [0.05, 0.1) is 24.0 Å². The third-order valence-electron chi connectivity index (χ3n) is 4.56. The maximum Gasteiger partial charge on any atom is 0.312 e. The Morgan fingerprint density at radius 3 is 2.73 bits per heavy atom. The highest BCUT2D eigenvalue weighted by atomic mass is 16.4. The van der Waals surface area contributed by atoms with E-state index in [1.54, 1.807) is 40.2 Å². The molecule has 130 valence electrons. The number of aliphatic carboxylic acids is 1. The largest absolute Gasteiger partial charge is 0.481 e. The normalized spacial score (nSPS) is 16.2. The number of rotatable bonds is 3. The molecule has 1 aliphatic heterocycles. The predicted octanol–water partition coefficient (Wildman–Crippen LogP) is 2.09. The molecule has 1 unspecified atom stereocenters. The standard InChI is InChI=1S/C19H16N4O3/c24-18(13-5-3-6-15(10-13)23-9-8-20-21-23)22-11-14-4-1-2-7-16(14)17(12-22)19(25)26/h1-10,17H,11-12H2,(H,25,26). The van der Waals surface area contributed by atoms with Gasteiger partial charge in [0, 0.05) is 18.7 Å². The van der Waals surface area contributed by atoms with Gasteiger partial charge in [0.25, 0.3) is 5.91 Å². The number of carboxylic acids is 1. The molecule has 2 aromatic carbocycles. The monoisotopic (exact) mass is 348 g/mol. The van der Waals surface area contributed by atoms with E-state index in [4.69, 9.17) is 0 Å². The van der Waals surface area contributed by atoms with Crippen LogP contribution in [0.1, 0.15) is 27.4 Å². The fourth-order valence-electron chi connectivity index (χ4n) is 3.28. The van der Waals surface area contributed by atoms with E-state index < -0.39 is 11.9 Å². The van der Waals surface area contributed by atoms with Gasteiger partial charge in [-0.15, -0.1) is 5.10 Å². The molecule has 0 bridgehead atoms. The van der Waals surface area contributed by atoms with Gasteiger partial charge in [-0.1, -0.05) is 35.5 Å². The van der Waals surface area contributed by atoms with Crippen LogP contribution >= 0.6 is 0 Å². The third kappa shape index (κ3) is 2.83. The molecule has 3 aromatic rings. The second kappa shape index (κ2) is 6.44. The molecule has 1 aromatic heterocycles. The summed E-state index contributed by atoms with van der Waals surface area (Å²) in [5.74, 6) is -1.85. The van der Waals surface area contributed by atoms with Crippen molar-refractivity contribution in [1.29, 1.82) is 0 Å². The lowest BCUT2D eigenvalue weighted by atomic mass is 9.89. The smallest absolute Gasteiger partial charge is 0.312 e. The summed E-state index contributed by atoms with van der Waals surface area (Å²) >= 11 is 0. The SMILES string of the molecule is O=C(O)C1CN(C(=O)c2cccc(-n3ccnn3)c2)Cc2ccccc21. The molecule has 0 saturated carbocycles. The van der Waals surface area contributed by atoms with Crippen molar-refractivity contribution >= 4 is 11.9 Å². The molecule has 0 aliphatic carbocycles. The Morgan fingerprint density at radius 1 is 1.12 bits per heavy atom. The molecule has 0 fully saturated rings. The Labute approximate surface area is 149 Å². The maximum absolute atomic E-state index is 13.0. The van der Waals surface area contributed by atoms with E-state index >= 15 is 0 Å². The molecule has 0 saturated heterocycles. The quantitative estimate of drug-likeness (QED) is 0.783. The summed E-state index contributed by atoms with van der Waals surface area (Å²) in [4.78, 5) is 26.2. The lowest BCUT2D eigenvalue weighted by molar-refractivity contribution is -0.139. The van der Waals surface area contributed by atoms with Crippen LogP contribution in [0.3, 0.4) is 0 Å². The molecule has 0 radical (unpaired) electrons. The highest BCUT2D eigenvalue weighted by Gasteiger charge is 2.32. The number of nitrogens with zero attached hydrogens (tertiary/aromatic N) is 4. The van der Waals surface area contributed by atoms with E-state index in [9.17, 15) is 14.7 Å². The zero-order chi connectivity index (χ0) is 18.1. The summed E-state index contributed by atoms with van der Waals surface area (Å²) in [5, 5.41) is 17.3. The first-order valence-electron chi connectivity index (χ1n) is 8.20. The van der Waals surface area contributed by atoms with Gasteiger partial charge in [0.1, 0.15) is 0 Å². The minimum Gasteiger partial charge on any atom is -0.481 e. The molecule has 26 heavy (non-hydrogen) atoms. The van der Waals surface area contributed by atoms with E-state index in [1.165, 1.54) is 0 Å². The van der Waals surface area contributed by atoms with Crippen molar-refractivity contribution in [3.8, 4) is 5.69 Å². The molecule has 1 aliphatic rings. The summed E-state index contributed by atoms with van der Waals surface area (Å²) in [7, 11) is 0. The average molecular weight is 348 g/mol. The number of benzene rings is 2. The molecule has 1 N–H and O–H groups in total. The van der Waals surface area contributed by atoms with Crippen molar-refractivity contribution in [1.82, 2.24) is 19.9 Å². The number of carbonyl (C=O) groups excluding carboxylic acids is 1. The van der Waals surface area contributed by atoms with E-state index in [2.05, 4.69) is 10.3 Å². The van der Waals surface area contributed by atoms with Gasteiger partial charge in [-0.3, -0.25) is 9.59 Å². The van der Waals surface area contributed by atoms with Crippen LogP contribution in [0.15, 0.2) is 60.9 Å². The number of carbonyl (C=O) groups is 2. The highest BCUT2D eigenvalue weighted by Crippen LogP contribution is 2.29. The Bertz CT molecular complexity index is 968. The Balaban J connectivity index is 1.65. The first-order chi connectivity index (χ1) is 12.6. The average Bonchev–Trinajstić information content (AvgIpc) is 3.21. The fourth-order valence-corrected chi connectivity index (χ4v) is 3.28. The van der Waals surface area contributed by atoms with Gasteiger partial charge in [0.15, 0.2) is 0 Å². The maximum atomic E-state index is 13.0. The summed E-state index contributed by atoms with van der Waals surface area (Å²) in [6, 6.07) is 14.4. The van der Waals surface area contributed by atoms with Crippen LogP contribution in [-0.4, -0.2) is 43.4 Å². The van der Waals surface area contributed by atoms with Crippen LogP contribution in [0.5, 0.6) is 0 Å². The second-order valence-corrected chi connectivity index (χ2v) is 6.17.